The third-order valence-corrected chi connectivity index (χ3v) is 6.64. The molecule has 0 bridgehead atoms. The number of sulfonamides is 1. The van der Waals surface area contributed by atoms with Crippen LogP contribution >= 0.6 is 30.8 Å². The van der Waals surface area contributed by atoms with Gasteiger partial charge >= 0.3 is 7.60 Å². The summed E-state index contributed by atoms with van der Waals surface area (Å²) in [6.07, 6.45) is 0.489. The van der Waals surface area contributed by atoms with Crippen molar-refractivity contribution in [1.82, 2.24) is 4.98 Å². The summed E-state index contributed by atoms with van der Waals surface area (Å²) in [6.45, 7) is 0. The molecule has 142 valence electrons. The van der Waals surface area contributed by atoms with Crippen LogP contribution in [0.4, 0.5) is 5.69 Å². The zero-order chi connectivity index (χ0) is 19.8. The maximum absolute atomic E-state index is 13.1. The molecule has 0 fully saturated rings. The van der Waals surface area contributed by atoms with Gasteiger partial charge in [0.2, 0.25) is 0 Å². The average Bonchev–Trinajstić information content (AvgIpc) is 2.57. The maximum atomic E-state index is 13.1. The third kappa shape index (κ3) is 4.60. The van der Waals surface area contributed by atoms with Gasteiger partial charge in [-0.3, -0.25) is 13.9 Å². The average molecular weight is 447 g/mol. The Bertz CT molecular complexity index is 1150. The molecule has 0 aliphatic carbocycles. The SMILES string of the molecule is O=P(O)(O)CN(c1ccc2cccnc2c1)S(=O)(=O)c1cc(Cl)cc(Cl)c1. The number of anilines is 1. The normalized spacial score (nSPS) is 12.3. The number of hydrogen-bond acceptors (Lipinski definition) is 4. The lowest BCUT2D eigenvalue weighted by molar-refractivity contribution is 0.373. The van der Waals surface area contributed by atoms with E-state index in [4.69, 9.17) is 23.2 Å². The molecular formula is C16H13Cl2N2O5PS. The molecule has 0 aliphatic heterocycles. The number of aromatic nitrogens is 1. The second-order valence-electron chi connectivity index (χ2n) is 5.65. The molecule has 3 rings (SSSR count). The Hall–Kier alpha value is -1.67. The summed E-state index contributed by atoms with van der Waals surface area (Å²) in [6, 6.07) is 11.7. The van der Waals surface area contributed by atoms with E-state index in [0.717, 1.165) is 17.5 Å². The van der Waals surface area contributed by atoms with Gasteiger partial charge in [0.25, 0.3) is 10.0 Å². The molecule has 1 heterocycles. The maximum Gasteiger partial charge on any atom is 0.345 e. The molecule has 7 nitrogen and oxygen atoms in total. The number of halogens is 2. The van der Waals surface area contributed by atoms with Gasteiger partial charge in [0.1, 0.15) is 6.29 Å². The van der Waals surface area contributed by atoms with Crippen LogP contribution < -0.4 is 4.31 Å². The minimum absolute atomic E-state index is 0.0561. The third-order valence-electron chi connectivity index (χ3n) is 3.61. The molecular weight excluding hydrogens is 434 g/mol. The van der Waals surface area contributed by atoms with E-state index in [2.05, 4.69) is 4.98 Å². The Balaban J connectivity index is 2.19. The van der Waals surface area contributed by atoms with E-state index in [9.17, 15) is 22.8 Å². The van der Waals surface area contributed by atoms with Crippen LogP contribution in [0.2, 0.25) is 10.0 Å². The zero-order valence-electron chi connectivity index (χ0n) is 13.5. The van der Waals surface area contributed by atoms with Crippen LogP contribution in [-0.2, 0) is 14.6 Å². The van der Waals surface area contributed by atoms with Crippen molar-refractivity contribution in [2.24, 2.45) is 0 Å². The molecule has 0 amide bonds. The van der Waals surface area contributed by atoms with Crippen molar-refractivity contribution in [1.29, 1.82) is 0 Å². The van der Waals surface area contributed by atoms with Crippen LogP contribution in [-0.4, -0.2) is 29.5 Å². The largest absolute Gasteiger partial charge is 0.345 e. The molecule has 1 aromatic heterocycles. The van der Waals surface area contributed by atoms with Gasteiger partial charge in [0, 0.05) is 21.6 Å². The molecule has 2 aromatic carbocycles. The highest BCUT2D eigenvalue weighted by Gasteiger charge is 2.31. The predicted octanol–water partition coefficient (Wildman–Crippen LogP) is 3.87. The van der Waals surface area contributed by atoms with Gasteiger partial charge in [-0.2, -0.15) is 0 Å². The fourth-order valence-electron chi connectivity index (χ4n) is 2.48. The summed E-state index contributed by atoms with van der Waals surface area (Å²) in [5, 5.41) is 0.912. The molecule has 0 aliphatic rings. The monoisotopic (exact) mass is 446 g/mol. The van der Waals surface area contributed by atoms with Crippen LogP contribution in [0.1, 0.15) is 0 Å². The molecule has 27 heavy (non-hydrogen) atoms. The van der Waals surface area contributed by atoms with Crippen LogP contribution in [0.3, 0.4) is 0 Å². The van der Waals surface area contributed by atoms with Crippen LogP contribution in [0.25, 0.3) is 10.9 Å². The van der Waals surface area contributed by atoms with Gasteiger partial charge in [-0.15, -0.1) is 0 Å². The van der Waals surface area contributed by atoms with Gasteiger partial charge in [-0.25, -0.2) is 8.42 Å². The van der Waals surface area contributed by atoms with Crippen molar-refractivity contribution in [3.63, 3.8) is 0 Å². The molecule has 0 saturated heterocycles. The first-order valence-corrected chi connectivity index (χ1v) is 11.4. The predicted molar refractivity (Wildman–Crippen MR) is 105 cm³/mol. The first-order chi connectivity index (χ1) is 12.6. The van der Waals surface area contributed by atoms with Crippen LogP contribution in [0, 0.1) is 0 Å². The number of hydrogen-bond donors (Lipinski definition) is 2. The fraction of sp³-hybridized carbons (Fsp3) is 0.0625. The van der Waals surface area contributed by atoms with E-state index < -0.39 is 23.9 Å². The number of rotatable bonds is 5. The van der Waals surface area contributed by atoms with E-state index in [1.54, 1.807) is 18.2 Å². The van der Waals surface area contributed by atoms with Crippen molar-refractivity contribution in [2.45, 2.75) is 4.90 Å². The molecule has 0 spiro atoms. The fourth-order valence-corrected chi connectivity index (χ4v) is 5.89. The molecule has 11 heteroatoms. The minimum Gasteiger partial charge on any atom is -0.323 e. The molecule has 2 N–H and O–H groups in total. The summed E-state index contributed by atoms with van der Waals surface area (Å²) < 4.78 is 38.4. The highest BCUT2D eigenvalue weighted by molar-refractivity contribution is 7.93. The Morgan fingerprint density at radius 3 is 2.33 bits per heavy atom. The van der Waals surface area contributed by atoms with Gasteiger partial charge in [-0.05, 0) is 36.4 Å². The van der Waals surface area contributed by atoms with E-state index in [0.29, 0.717) is 9.82 Å². The summed E-state index contributed by atoms with van der Waals surface area (Å²) in [7, 11) is -9.08. The minimum atomic E-state index is -4.73. The summed E-state index contributed by atoms with van der Waals surface area (Å²) in [5.41, 5.74) is 0.533. The standard InChI is InChI=1S/C16H13Cl2N2O5PS/c17-12-6-13(18)8-15(7-12)27(24,25)20(10-26(21,22)23)14-4-3-11-2-1-5-19-16(11)9-14/h1-9H,10H2,(H2,21,22,23). The van der Waals surface area contributed by atoms with Crippen LogP contribution in [0.15, 0.2) is 59.6 Å². The van der Waals surface area contributed by atoms with Crippen molar-refractivity contribution in [3.05, 3.63) is 64.8 Å². The summed E-state index contributed by atoms with van der Waals surface area (Å²) >= 11 is 11.8. The Morgan fingerprint density at radius 1 is 1.04 bits per heavy atom. The molecule has 0 saturated carbocycles. The number of benzene rings is 2. The molecule has 0 radical (unpaired) electrons. The van der Waals surface area contributed by atoms with E-state index in [1.165, 1.54) is 24.4 Å². The first kappa shape index (κ1) is 20.1. The molecule has 3 aromatic rings. The van der Waals surface area contributed by atoms with Gasteiger partial charge in [-0.1, -0.05) is 35.3 Å². The zero-order valence-corrected chi connectivity index (χ0v) is 16.8. The highest BCUT2D eigenvalue weighted by atomic mass is 35.5. The Kier molecular flexibility index (Phi) is 5.49. The summed E-state index contributed by atoms with van der Waals surface area (Å²) in [4.78, 5) is 22.7. The van der Waals surface area contributed by atoms with Gasteiger partial charge < -0.3 is 9.79 Å². The quantitative estimate of drug-likeness (QED) is 0.575. The lowest BCUT2D eigenvalue weighted by Gasteiger charge is -2.25. The Labute approximate surface area is 165 Å². The smallest absolute Gasteiger partial charge is 0.323 e. The Morgan fingerprint density at radius 2 is 1.70 bits per heavy atom. The number of pyridine rings is 1. The summed E-state index contributed by atoms with van der Waals surface area (Å²) in [5.74, 6) is 0. The van der Waals surface area contributed by atoms with Crippen molar-refractivity contribution >= 4 is 57.4 Å². The van der Waals surface area contributed by atoms with Crippen LogP contribution in [0.5, 0.6) is 0 Å². The van der Waals surface area contributed by atoms with Crippen molar-refractivity contribution in [3.8, 4) is 0 Å². The second-order valence-corrected chi connectivity index (χ2v) is 9.99. The molecule has 0 atom stereocenters. The number of fused-ring (bicyclic) bond motifs is 1. The van der Waals surface area contributed by atoms with E-state index in [1.807, 2.05) is 0 Å². The topological polar surface area (TPSA) is 108 Å². The van der Waals surface area contributed by atoms with Crippen molar-refractivity contribution < 1.29 is 22.8 Å². The lowest BCUT2D eigenvalue weighted by atomic mass is 10.2. The lowest BCUT2D eigenvalue weighted by Crippen LogP contribution is -2.32. The second kappa shape index (κ2) is 7.39. The highest BCUT2D eigenvalue weighted by Crippen LogP contribution is 2.40. The number of nitrogens with zero attached hydrogens (tertiary/aromatic N) is 2. The van der Waals surface area contributed by atoms with E-state index >= 15 is 0 Å². The first-order valence-electron chi connectivity index (χ1n) is 7.44. The van der Waals surface area contributed by atoms with Crippen molar-refractivity contribution in [2.75, 3.05) is 10.6 Å². The van der Waals surface area contributed by atoms with Gasteiger partial charge in [0.15, 0.2) is 0 Å². The van der Waals surface area contributed by atoms with E-state index in [-0.39, 0.29) is 20.6 Å². The van der Waals surface area contributed by atoms with Gasteiger partial charge in [0.05, 0.1) is 16.1 Å². The molecule has 0 unspecified atom stereocenters.